The van der Waals surface area contributed by atoms with Crippen molar-refractivity contribution in [2.75, 3.05) is 26.2 Å². The molecule has 1 saturated heterocycles. The van der Waals surface area contributed by atoms with Crippen LogP contribution >= 0.6 is 0 Å². The lowest BCUT2D eigenvalue weighted by molar-refractivity contribution is 0.107. The van der Waals surface area contributed by atoms with Crippen LogP contribution in [0.5, 0.6) is 0 Å². The summed E-state index contributed by atoms with van der Waals surface area (Å²) < 4.78 is 0. The van der Waals surface area contributed by atoms with E-state index in [0.29, 0.717) is 5.41 Å². The standard InChI is InChI=1S/C17H36N2/c1-14(2)12-15(13-18)6-9-19-10-7-16(8-11-19)17(3,4)5/h14-16H,6-13,18H2,1-5H3. The Balaban J connectivity index is 2.25. The Labute approximate surface area is 121 Å². The second-order valence-electron chi connectivity index (χ2n) is 8.00. The summed E-state index contributed by atoms with van der Waals surface area (Å²) >= 11 is 0. The number of piperidine rings is 1. The van der Waals surface area contributed by atoms with Crippen LogP contribution in [0.15, 0.2) is 0 Å². The first-order valence-corrected chi connectivity index (χ1v) is 8.25. The molecule has 0 saturated carbocycles. The summed E-state index contributed by atoms with van der Waals surface area (Å²) in [5.74, 6) is 2.41. The Hall–Kier alpha value is -0.0800. The molecule has 2 nitrogen and oxygen atoms in total. The summed E-state index contributed by atoms with van der Waals surface area (Å²) in [5.41, 5.74) is 6.39. The summed E-state index contributed by atoms with van der Waals surface area (Å²) in [5, 5.41) is 0. The largest absolute Gasteiger partial charge is 0.330 e. The molecule has 0 spiro atoms. The van der Waals surface area contributed by atoms with E-state index in [4.69, 9.17) is 5.73 Å². The van der Waals surface area contributed by atoms with E-state index >= 15 is 0 Å². The molecule has 0 aromatic heterocycles. The van der Waals surface area contributed by atoms with E-state index in [1.807, 2.05) is 0 Å². The molecule has 1 rings (SSSR count). The molecule has 0 aliphatic carbocycles. The van der Waals surface area contributed by atoms with Gasteiger partial charge < -0.3 is 10.6 Å². The van der Waals surface area contributed by atoms with Gasteiger partial charge in [-0.3, -0.25) is 0 Å². The van der Waals surface area contributed by atoms with Crippen molar-refractivity contribution in [3.8, 4) is 0 Å². The Morgan fingerprint density at radius 2 is 1.74 bits per heavy atom. The zero-order valence-electron chi connectivity index (χ0n) is 13.9. The maximum absolute atomic E-state index is 5.90. The van der Waals surface area contributed by atoms with Crippen LogP contribution in [0.4, 0.5) is 0 Å². The van der Waals surface area contributed by atoms with Gasteiger partial charge in [-0.2, -0.15) is 0 Å². The van der Waals surface area contributed by atoms with Crippen LogP contribution in [0.3, 0.4) is 0 Å². The third-order valence-corrected chi connectivity index (χ3v) is 4.80. The number of hydrogen-bond acceptors (Lipinski definition) is 2. The van der Waals surface area contributed by atoms with E-state index in [1.165, 1.54) is 45.3 Å². The molecule has 0 amide bonds. The van der Waals surface area contributed by atoms with E-state index in [9.17, 15) is 0 Å². The third kappa shape index (κ3) is 6.27. The molecule has 1 unspecified atom stereocenters. The van der Waals surface area contributed by atoms with E-state index in [-0.39, 0.29) is 0 Å². The molecule has 2 N–H and O–H groups in total. The van der Waals surface area contributed by atoms with Crippen LogP contribution in [0.25, 0.3) is 0 Å². The smallest absolute Gasteiger partial charge is 0.00156 e. The quantitative estimate of drug-likeness (QED) is 0.795. The van der Waals surface area contributed by atoms with Crippen LogP contribution in [-0.4, -0.2) is 31.1 Å². The normalized spacial score (nSPS) is 21.0. The number of rotatable bonds is 6. The van der Waals surface area contributed by atoms with Crippen LogP contribution in [0.1, 0.15) is 60.3 Å². The molecule has 1 atom stereocenters. The first kappa shape index (κ1) is 17.0. The van der Waals surface area contributed by atoms with Gasteiger partial charge >= 0.3 is 0 Å². The number of nitrogens with zero attached hydrogens (tertiary/aromatic N) is 1. The minimum Gasteiger partial charge on any atom is -0.330 e. The van der Waals surface area contributed by atoms with E-state index < -0.39 is 0 Å². The van der Waals surface area contributed by atoms with Crippen molar-refractivity contribution in [2.24, 2.45) is 28.9 Å². The second kappa shape index (κ2) is 7.64. The molecule has 1 fully saturated rings. The summed E-state index contributed by atoms with van der Waals surface area (Å²) in [7, 11) is 0. The van der Waals surface area contributed by atoms with Gasteiger partial charge in [-0.15, -0.1) is 0 Å². The Bertz CT molecular complexity index is 234. The van der Waals surface area contributed by atoms with Crippen molar-refractivity contribution in [1.29, 1.82) is 0 Å². The Morgan fingerprint density at radius 3 is 2.16 bits per heavy atom. The van der Waals surface area contributed by atoms with Gasteiger partial charge in [-0.1, -0.05) is 34.6 Å². The van der Waals surface area contributed by atoms with Gasteiger partial charge in [0, 0.05) is 0 Å². The maximum Gasteiger partial charge on any atom is -0.00156 e. The van der Waals surface area contributed by atoms with Gasteiger partial charge in [0.2, 0.25) is 0 Å². The van der Waals surface area contributed by atoms with Crippen molar-refractivity contribution in [3.63, 3.8) is 0 Å². The molecular formula is C17H36N2. The van der Waals surface area contributed by atoms with Crippen molar-refractivity contribution >= 4 is 0 Å². The van der Waals surface area contributed by atoms with Crippen LogP contribution in [0.2, 0.25) is 0 Å². The highest BCUT2D eigenvalue weighted by Gasteiger charge is 2.28. The summed E-state index contributed by atoms with van der Waals surface area (Å²) in [6.45, 7) is 16.5. The highest BCUT2D eigenvalue weighted by molar-refractivity contribution is 4.81. The molecule has 0 bridgehead atoms. The Kier molecular flexibility index (Phi) is 6.82. The van der Waals surface area contributed by atoms with Gasteiger partial charge in [-0.25, -0.2) is 0 Å². The second-order valence-corrected chi connectivity index (χ2v) is 8.00. The first-order valence-electron chi connectivity index (χ1n) is 8.25. The molecule has 1 aliphatic rings. The highest BCUT2D eigenvalue weighted by atomic mass is 15.1. The molecule has 0 aromatic rings. The van der Waals surface area contributed by atoms with Gasteiger partial charge in [0.15, 0.2) is 0 Å². The molecule has 0 aromatic carbocycles. The van der Waals surface area contributed by atoms with Gasteiger partial charge in [0.05, 0.1) is 0 Å². The zero-order valence-corrected chi connectivity index (χ0v) is 13.9. The molecule has 2 heteroatoms. The van der Waals surface area contributed by atoms with E-state index in [1.54, 1.807) is 0 Å². The average Bonchev–Trinajstić information content (AvgIpc) is 2.33. The van der Waals surface area contributed by atoms with Crippen LogP contribution < -0.4 is 5.73 Å². The summed E-state index contributed by atoms with van der Waals surface area (Å²) in [4.78, 5) is 2.66. The fourth-order valence-corrected chi connectivity index (χ4v) is 3.39. The molecule has 1 heterocycles. The van der Waals surface area contributed by atoms with Gasteiger partial charge in [-0.05, 0) is 75.0 Å². The van der Waals surface area contributed by atoms with Crippen molar-refractivity contribution in [3.05, 3.63) is 0 Å². The monoisotopic (exact) mass is 268 g/mol. The molecule has 114 valence electrons. The predicted octanol–water partition coefficient (Wildman–Crippen LogP) is 3.76. The lowest BCUT2D eigenvalue weighted by Crippen LogP contribution is -2.39. The zero-order chi connectivity index (χ0) is 14.5. The number of likely N-dealkylation sites (tertiary alicyclic amines) is 1. The SMILES string of the molecule is CC(C)CC(CN)CCN1CCC(C(C)(C)C)CC1. The maximum atomic E-state index is 5.90. The third-order valence-electron chi connectivity index (χ3n) is 4.80. The fourth-order valence-electron chi connectivity index (χ4n) is 3.39. The van der Waals surface area contributed by atoms with Crippen LogP contribution in [0, 0.1) is 23.2 Å². The van der Waals surface area contributed by atoms with Crippen molar-refractivity contribution < 1.29 is 0 Å². The van der Waals surface area contributed by atoms with E-state index in [0.717, 1.165) is 24.3 Å². The van der Waals surface area contributed by atoms with E-state index in [2.05, 4.69) is 39.5 Å². The lowest BCUT2D eigenvalue weighted by atomic mass is 9.75. The lowest BCUT2D eigenvalue weighted by Gasteiger charge is -2.39. The Morgan fingerprint density at radius 1 is 1.16 bits per heavy atom. The number of hydrogen-bond donors (Lipinski definition) is 1. The average molecular weight is 268 g/mol. The van der Waals surface area contributed by atoms with Gasteiger partial charge in [0.1, 0.15) is 0 Å². The van der Waals surface area contributed by atoms with Gasteiger partial charge in [0.25, 0.3) is 0 Å². The molecule has 1 aliphatic heterocycles. The summed E-state index contributed by atoms with van der Waals surface area (Å²) in [6.07, 6.45) is 5.33. The summed E-state index contributed by atoms with van der Waals surface area (Å²) in [6, 6.07) is 0. The molecular weight excluding hydrogens is 232 g/mol. The fraction of sp³-hybridized carbons (Fsp3) is 1.00. The van der Waals surface area contributed by atoms with Crippen LogP contribution in [-0.2, 0) is 0 Å². The topological polar surface area (TPSA) is 29.3 Å². The minimum absolute atomic E-state index is 0.490. The minimum atomic E-state index is 0.490. The van der Waals surface area contributed by atoms with Crippen molar-refractivity contribution in [1.82, 2.24) is 4.90 Å². The predicted molar refractivity (Wildman–Crippen MR) is 85.2 cm³/mol. The first-order chi connectivity index (χ1) is 8.82. The molecule has 0 radical (unpaired) electrons. The van der Waals surface area contributed by atoms with Crippen molar-refractivity contribution in [2.45, 2.75) is 60.3 Å². The highest BCUT2D eigenvalue weighted by Crippen LogP contribution is 2.34. The molecule has 19 heavy (non-hydrogen) atoms. The number of nitrogens with two attached hydrogens (primary N) is 1.